The Morgan fingerprint density at radius 3 is 2.50 bits per heavy atom. The van der Waals surface area contributed by atoms with E-state index >= 15 is 0 Å². The Bertz CT molecular complexity index is 909. The second-order valence-electron chi connectivity index (χ2n) is 6.86. The molecular formula is C21H26N2O3S2. The summed E-state index contributed by atoms with van der Waals surface area (Å²) < 4.78 is 27.5. The van der Waals surface area contributed by atoms with Crippen molar-refractivity contribution in [2.45, 2.75) is 36.0 Å². The number of amides is 1. The van der Waals surface area contributed by atoms with Crippen LogP contribution in [0.4, 0.5) is 0 Å². The number of benzene rings is 2. The number of piperidine rings is 1. The van der Waals surface area contributed by atoms with Gasteiger partial charge in [0, 0.05) is 35.8 Å². The Morgan fingerprint density at radius 1 is 1.07 bits per heavy atom. The lowest BCUT2D eigenvalue weighted by Gasteiger charge is -2.26. The molecule has 1 aliphatic rings. The van der Waals surface area contributed by atoms with E-state index in [2.05, 4.69) is 5.32 Å². The van der Waals surface area contributed by atoms with Crippen molar-refractivity contribution in [1.82, 2.24) is 9.62 Å². The Labute approximate surface area is 171 Å². The SMILES string of the molecule is Cc1ccc(C(=O)NCCSc2ccccc2)cc1S(=O)(=O)N1CCCCC1. The summed E-state index contributed by atoms with van der Waals surface area (Å²) >= 11 is 1.67. The molecule has 0 radical (unpaired) electrons. The summed E-state index contributed by atoms with van der Waals surface area (Å²) in [5.41, 5.74) is 1.05. The fourth-order valence-corrected chi connectivity index (χ4v) is 5.77. The van der Waals surface area contributed by atoms with Gasteiger partial charge < -0.3 is 5.32 Å². The minimum atomic E-state index is -3.56. The van der Waals surface area contributed by atoms with Crippen LogP contribution in [0.15, 0.2) is 58.3 Å². The standard InChI is InChI=1S/C21H26N2O3S2/c1-17-10-11-18(16-20(17)28(25,26)23-13-6-3-7-14-23)21(24)22-12-15-27-19-8-4-2-5-9-19/h2,4-5,8-11,16H,3,6-7,12-15H2,1H3,(H,22,24). The van der Waals surface area contributed by atoms with Gasteiger partial charge in [0.05, 0.1) is 4.90 Å². The molecule has 0 unspecified atom stereocenters. The molecule has 1 N–H and O–H groups in total. The van der Waals surface area contributed by atoms with Crippen molar-refractivity contribution in [1.29, 1.82) is 0 Å². The first-order valence-corrected chi connectivity index (χ1v) is 12.0. The molecule has 1 aliphatic heterocycles. The molecule has 0 aliphatic carbocycles. The Balaban J connectivity index is 1.64. The molecule has 5 nitrogen and oxygen atoms in total. The number of rotatable bonds is 7. The predicted molar refractivity (Wildman–Crippen MR) is 113 cm³/mol. The second kappa shape index (κ2) is 9.58. The molecule has 0 spiro atoms. The smallest absolute Gasteiger partial charge is 0.251 e. The van der Waals surface area contributed by atoms with Crippen molar-refractivity contribution in [2.24, 2.45) is 0 Å². The fourth-order valence-electron chi connectivity index (χ4n) is 3.22. The number of nitrogens with one attached hydrogen (secondary N) is 1. The molecule has 1 fully saturated rings. The van der Waals surface area contributed by atoms with Gasteiger partial charge in [0.1, 0.15) is 0 Å². The van der Waals surface area contributed by atoms with Crippen molar-refractivity contribution in [3.63, 3.8) is 0 Å². The highest BCUT2D eigenvalue weighted by Crippen LogP contribution is 2.24. The van der Waals surface area contributed by atoms with Gasteiger partial charge in [-0.1, -0.05) is 30.7 Å². The van der Waals surface area contributed by atoms with E-state index in [-0.39, 0.29) is 10.8 Å². The van der Waals surface area contributed by atoms with Gasteiger partial charge >= 0.3 is 0 Å². The van der Waals surface area contributed by atoms with Crippen LogP contribution in [-0.2, 0) is 10.0 Å². The zero-order chi connectivity index (χ0) is 20.0. The minimum absolute atomic E-state index is 0.237. The topological polar surface area (TPSA) is 66.5 Å². The van der Waals surface area contributed by atoms with E-state index in [4.69, 9.17) is 0 Å². The van der Waals surface area contributed by atoms with Crippen LogP contribution in [0.5, 0.6) is 0 Å². The maximum absolute atomic E-state index is 13.0. The summed E-state index contributed by atoms with van der Waals surface area (Å²) in [6.45, 7) is 3.39. The number of carbonyl (C=O) groups excluding carboxylic acids is 1. The van der Waals surface area contributed by atoms with Crippen LogP contribution >= 0.6 is 11.8 Å². The molecule has 3 rings (SSSR count). The lowest BCUT2D eigenvalue weighted by atomic mass is 10.1. The van der Waals surface area contributed by atoms with E-state index in [0.717, 1.165) is 29.9 Å². The van der Waals surface area contributed by atoms with Gasteiger partial charge in [0.15, 0.2) is 0 Å². The highest BCUT2D eigenvalue weighted by atomic mass is 32.2. The van der Waals surface area contributed by atoms with Gasteiger partial charge in [0.25, 0.3) is 5.91 Å². The average Bonchev–Trinajstić information content (AvgIpc) is 2.72. The maximum atomic E-state index is 13.0. The largest absolute Gasteiger partial charge is 0.351 e. The molecule has 0 aromatic heterocycles. The van der Waals surface area contributed by atoms with Crippen LogP contribution in [0.2, 0.25) is 0 Å². The third-order valence-corrected chi connectivity index (χ3v) is 7.84. The van der Waals surface area contributed by atoms with Crippen LogP contribution in [0.25, 0.3) is 0 Å². The van der Waals surface area contributed by atoms with Crippen molar-refractivity contribution in [2.75, 3.05) is 25.4 Å². The first-order valence-electron chi connectivity index (χ1n) is 9.55. The highest BCUT2D eigenvalue weighted by molar-refractivity contribution is 7.99. The molecule has 2 aromatic rings. The number of hydrogen-bond acceptors (Lipinski definition) is 4. The van der Waals surface area contributed by atoms with Gasteiger partial charge in [0.2, 0.25) is 10.0 Å². The molecule has 0 atom stereocenters. The van der Waals surface area contributed by atoms with Crippen molar-refractivity contribution >= 4 is 27.7 Å². The van der Waals surface area contributed by atoms with Gasteiger partial charge in [-0.25, -0.2) is 8.42 Å². The van der Waals surface area contributed by atoms with Gasteiger partial charge in [-0.15, -0.1) is 11.8 Å². The summed E-state index contributed by atoms with van der Waals surface area (Å²) in [5, 5.41) is 2.88. The van der Waals surface area contributed by atoms with Crippen molar-refractivity contribution in [3.05, 3.63) is 59.7 Å². The molecule has 150 valence electrons. The molecule has 1 saturated heterocycles. The second-order valence-corrected chi connectivity index (χ2v) is 9.94. The number of sulfonamides is 1. The van der Waals surface area contributed by atoms with Gasteiger partial charge in [-0.05, 0) is 49.6 Å². The molecule has 7 heteroatoms. The van der Waals surface area contributed by atoms with Gasteiger partial charge in [-0.3, -0.25) is 4.79 Å². The summed E-state index contributed by atoms with van der Waals surface area (Å²) in [5.74, 6) is 0.504. The van der Waals surface area contributed by atoms with E-state index in [1.165, 1.54) is 10.4 Å². The van der Waals surface area contributed by atoms with Crippen LogP contribution in [0.3, 0.4) is 0 Å². The molecule has 0 saturated carbocycles. The molecule has 0 bridgehead atoms. The van der Waals surface area contributed by atoms with Crippen LogP contribution < -0.4 is 5.32 Å². The fraction of sp³-hybridized carbons (Fsp3) is 0.381. The monoisotopic (exact) mass is 418 g/mol. The first kappa shape index (κ1) is 20.9. The number of carbonyl (C=O) groups is 1. The van der Waals surface area contributed by atoms with Crippen LogP contribution in [0, 0.1) is 6.92 Å². The van der Waals surface area contributed by atoms with E-state index in [1.807, 2.05) is 30.3 Å². The number of nitrogens with zero attached hydrogens (tertiary/aromatic N) is 1. The third-order valence-electron chi connectivity index (χ3n) is 4.78. The van der Waals surface area contributed by atoms with E-state index in [0.29, 0.717) is 30.8 Å². The zero-order valence-electron chi connectivity index (χ0n) is 16.1. The minimum Gasteiger partial charge on any atom is -0.351 e. The average molecular weight is 419 g/mol. The highest BCUT2D eigenvalue weighted by Gasteiger charge is 2.28. The quantitative estimate of drug-likeness (QED) is 0.550. The zero-order valence-corrected chi connectivity index (χ0v) is 17.7. The summed E-state index contributed by atoms with van der Waals surface area (Å²) in [7, 11) is -3.56. The first-order chi connectivity index (χ1) is 13.5. The lowest BCUT2D eigenvalue weighted by molar-refractivity contribution is 0.0956. The molecule has 1 heterocycles. The van der Waals surface area contributed by atoms with Crippen LogP contribution in [-0.4, -0.2) is 44.0 Å². The summed E-state index contributed by atoms with van der Waals surface area (Å²) in [6, 6.07) is 14.9. The predicted octanol–water partition coefficient (Wildman–Crippen LogP) is 3.69. The van der Waals surface area contributed by atoms with E-state index in [9.17, 15) is 13.2 Å². The molecular weight excluding hydrogens is 392 g/mol. The Kier molecular flexibility index (Phi) is 7.15. The Hall–Kier alpha value is -1.83. The molecule has 1 amide bonds. The summed E-state index contributed by atoms with van der Waals surface area (Å²) in [4.78, 5) is 13.9. The van der Waals surface area contributed by atoms with E-state index < -0.39 is 10.0 Å². The number of aryl methyl sites for hydroxylation is 1. The van der Waals surface area contributed by atoms with Crippen molar-refractivity contribution < 1.29 is 13.2 Å². The van der Waals surface area contributed by atoms with Crippen molar-refractivity contribution in [3.8, 4) is 0 Å². The van der Waals surface area contributed by atoms with E-state index in [1.54, 1.807) is 30.8 Å². The maximum Gasteiger partial charge on any atom is 0.251 e. The molecule has 28 heavy (non-hydrogen) atoms. The molecule has 2 aromatic carbocycles. The number of thioether (sulfide) groups is 1. The third kappa shape index (κ3) is 5.16. The Morgan fingerprint density at radius 2 is 1.79 bits per heavy atom. The van der Waals surface area contributed by atoms with Crippen LogP contribution in [0.1, 0.15) is 35.2 Å². The summed E-state index contributed by atoms with van der Waals surface area (Å²) in [6.07, 6.45) is 2.84. The van der Waals surface area contributed by atoms with Gasteiger partial charge in [-0.2, -0.15) is 4.31 Å². The number of hydrogen-bond donors (Lipinski definition) is 1. The normalized spacial score (nSPS) is 15.3. The lowest BCUT2D eigenvalue weighted by Crippen LogP contribution is -2.36.